The molecule has 0 unspecified atom stereocenters. The van der Waals surface area contributed by atoms with E-state index in [9.17, 15) is 0 Å². The molecule has 0 fully saturated rings. The van der Waals surface area contributed by atoms with Gasteiger partial charge in [-0.1, -0.05) is 40.2 Å². The van der Waals surface area contributed by atoms with Gasteiger partial charge in [-0.05, 0) is 33.4 Å². The molecule has 3 rings (SSSR count). The lowest BCUT2D eigenvalue weighted by molar-refractivity contribution is 1.31. The Labute approximate surface area is 133 Å². The van der Waals surface area contributed by atoms with Crippen LogP contribution in [0, 0.1) is 0 Å². The van der Waals surface area contributed by atoms with Crippen LogP contribution in [0.1, 0.15) is 0 Å². The normalized spacial score (nSPS) is 10.7. The van der Waals surface area contributed by atoms with E-state index >= 15 is 0 Å². The molecule has 0 amide bonds. The number of pyridine rings is 1. The van der Waals surface area contributed by atoms with E-state index in [0.717, 1.165) is 31.1 Å². The molecule has 0 spiro atoms. The SMILES string of the molecule is Nc1cncc(Br)c1Nc1ccc(Br)c2ccccc12. The average Bonchev–Trinajstić information content (AvgIpc) is 2.46. The number of hydrogen-bond donors (Lipinski definition) is 2. The second kappa shape index (κ2) is 5.42. The lowest BCUT2D eigenvalue weighted by Gasteiger charge is -2.13. The minimum Gasteiger partial charge on any atom is -0.396 e. The van der Waals surface area contributed by atoms with Gasteiger partial charge >= 0.3 is 0 Å². The van der Waals surface area contributed by atoms with Gasteiger partial charge in [0, 0.05) is 21.7 Å². The first-order valence-electron chi connectivity index (χ1n) is 6.00. The van der Waals surface area contributed by atoms with Crippen LogP contribution in [0.4, 0.5) is 17.1 Å². The zero-order valence-corrected chi connectivity index (χ0v) is 13.6. The van der Waals surface area contributed by atoms with Crippen LogP contribution in [0.5, 0.6) is 0 Å². The molecular formula is C15H11Br2N3. The number of aromatic nitrogens is 1. The predicted molar refractivity (Wildman–Crippen MR) is 91.3 cm³/mol. The van der Waals surface area contributed by atoms with E-state index in [1.807, 2.05) is 24.3 Å². The Morgan fingerprint density at radius 3 is 2.40 bits per heavy atom. The van der Waals surface area contributed by atoms with Crippen molar-refractivity contribution in [3.8, 4) is 0 Å². The third-order valence-electron chi connectivity index (χ3n) is 3.06. The number of benzene rings is 2. The first-order chi connectivity index (χ1) is 9.66. The maximum absolute atomic E-state index is 5.98. The third kappa shape index (κ3) is 2.39. The van der Waals surface area contributed by atoms with Crippen molar-refractivity contribution in [3.63, 3.8) is 0 Å². The average molecular weight is 393 g/mol. The fourth-order valence-electron chi connectivity index (χ4n) is 2.09. The van der Waals surface area contributed by atoms with Gasteiger partial charge in [0.1, 0.15) is 0 Å². The second-order valence-corrected chi connectivity index (χ2v) is 6.06. The van der Waals surface area contributed by atoms with Crippen molar-refractivity contribution in [2.24, 2.45) is 0 Å². The van der Waals surface area contributed by atoms with E-state index in [0.29, 0.717) is 5.69 Å². The maximum Gasteiger partial charge on any atom is 0.0794 e. The van der Waals surface area contributed by atoms with Gasteiger partial charge in [0.15, 0.2) is 0 Å². The highest BCUT2D eigenvalue weighted by Crippen LogP contribution is 2.35. The number of fused-ring (bicyclic) bond motifs is 1. The highest BCUT2D eigenvalue weighted by atomic mass is 79.9. The van der Waals surface area contributed by atoms with E-state index in [4.69, 9.17) is 5.73 Å². The van der Waals surface area contributed by atoms with Gasteiger partial charge in [0.05, 0.1) is 22.0 Å². The van der Waals surface area contributed by atoms with E-state index in [-0.39, 0.29) is 0 Å². The minimum absolute atomic E-state index is 0.603. The molecule has 20 heavy (non-hydrogen) atoms. The summed E-state index contributed by atoms with van der Waals surface area (Å²) in [5, 5.41) is 5.66. The zero-order valence-electron chi connectivity index (χ0n) is 10.4. The fraction of sp³-hybridized carbons (Fsp3) is 0. The lowest BCUT2D eigenvalue weighted by atomic mass is 10.1. The van der Waals surface area contributed by atoms with Gasteiger partial charge in [-0.25, -0.2) is 0 Å². The zero-order chi connectivity index (χ0) is 14.1. The van der Waals surface area contributed by atoms with Crippen LogP contribution in [0.2, 0.25) is 0 Å². The van der Waals surface area contributed by atoms with Crippen molar-refractivity contribution in [3.05, 3.63) is 57.7 Å². The molecule has 0 aliphatic carbocycles. The Kier molecular flexibility index (Phi) is 3.63. The van der Waals surface area contributed by atoms with Gasteiger partial charge < -0.3 is 11.1 Å². The monoisotopic (exact) mass is 391 g/mol. The summed E-state index contributed by atoms with van der Waals surface area (Å²) in [7, 11) is 0. The number of nitrogen functional groups attached to an aromatic ring is 1. The molecule has 0 saturated carbocycles. The number of nitrogens with zero attached hydrogens (tertiary/aromatic N) is 1. The lowest BCUT2D eigenvalue weighted by Crippen LogP contribution is -1.98. The molecule has 1 heterocycles. The molecule has 0 bridgehead atoms. The van der Waals surface area contributed by atoms with Crippen molar-refractivity contribution in [2.75, 3.05) is 11.1 Å². The summed E-state index contributed by atoms with van der Waals surface area (Å²) in [4.78, 5) is 4.04. The van der Waals surface area contributed by atoms with Gasteiger partial charge in [-0.3, -0.25) is 4.98 Å². The van der Waals surface area contributed by atoms with E-state index < -0.39 is 0 Å². The number of anilines is 3. The number of nitrogens with one attached hydrogen (secondary N) is 1. The molecule has 5 heteroatoms. The Morgan fingerprint density at radius 2 is 1.65 bits per heavy atom. The first kappa shape index (κ1) is 13.4. The molecule has 0 saturated heterocycles. The summed E-state index contributed by atoms with van der Waals surface area (Å²) in [6, 6.07) is 12.2. The largest absolute Gasteiger partial charge is 0.396 e. The maximum atomic E-state index is 5.98. The quantitative estimate of drug-likeness (QED) is 0.638. The summed E-state index contributed by atoms with van der Waals surface area (Å²) >= 11 is 7.04. The van der Waals surface area contributed by atoms with Crippen LogP contribution < -0.4 is 11.1 Å². The van der Waals surface area contributed by atoms with Crippen LogP contribution in [-0.2, 0) is 0 Å². The molecule has 1 aromatic heterocycles. The predicted octanol–water partition coefficient (Wildman–Crippen LogP) is 5.09. The van der Waals surface area contributed by atoms with Crippen molar-refractivity contribution in [1.29, 1.82) is 0 Å². The first-order valence-corrected chi connectivity index (χ1v) is 7.58. The number of rotatable bonds is 2. The summed E-state index contributed by atoms with van der Waals surface area (Å²) in [6.45, 7) is 0. The molecule has 3 nitrogen and oxygen atoms in total. The van der Waals surface area contributed by atoms with Crippen molar-refractivity contribution < 1.29 is 0 Å². The number of halogens is 2. The summed E-state index contributed by atoms with van der Waals surface area (Å²) in [5.41, 5.74) is 8.41. The highest BCUT2D eigenvalue weighted by molar-refractivity contribution is 9.11. The smallest absolute Gasteiger partial charge is 0.0794 e. The summed E-state index contributed by atoms with van der Waals surface area (Å²) in [6.07, 6.45) is 3.36. The number of hydrogen-bond acceptors (Lipinski definition) is 3. The molecular weight excluding hydrogens is 382 g/mol. The molecule has 0 aliphatic rings. The third-order valence-corrected chi connectivity index (χ3v) is 4.35. The Balaban J connectivity index is 2.14. The van der Waals surface area contributed by atoms with Crippen LogP contribution >= 0.6 is 31.9 Å². The van der Waals surface area contributed by atoms with Crippen molar-refractivity contribution in [2.45, 2.75) is 0 Å². The van der Waals surface area contributed by atoms with Crippen LogP contribution in [-0.4, -0.2) is 4.98 Å². The van der Waals surface area contributed by atoms with Crippen molar-refractivity contribution >= 4 is 59.7 Å². The summed E-state index contributed by atoms with van der Waals surface area (Å²) < 4.78 is 1.91. The minimum atomic E-state index is 0.603. The highest BCUT2D eigenvalue weighted by Gasteiger charge is 2.08. The topological polar surface area (TPSA) is 50.9 Å². The summed E-state index contributed by atoms with van der Waals surface area (Å²) in [5.74, 6) is 0. The van der Waals surface area contributed by atoms with Crippen LogP contribution in [0.15, 0.2) is 57.7 Å². The standard InChI is InChI=1S/C15H11Br2N3/c16-11-5-6-14(10-4-2-1-3-9(10)11)20-15-12(17)7-19-8-13(15)18/h1-8H,18H2,(H,19,20). The van der Waals surface area contributed by atoms with Gasteiger partial charge in [-0.15, -0.1) is 0 Å². The van der Waals surface area contributed by atoms with E-state index in [1.54, 1.807) is 12.4 Å². The Bertz CT molecular complexity index is 767. The Hall–Kier alpha value is -1.59. The van der Waals surface area contributed by atoms with Crippen LogP contribution in [0.25, 0.3) is 10.8 Å². The molecule has 2 aromatic carbocycles. The molecule has 3 aromatic rings. The van der Waals surface area contributed by atoms with E-state index in [1.165, 1.54) is 0 Å². The van der Waals surface area contributed by atoms with Crippen LogP contribution in [0.3, 0.4) is 0 Å². The second-order valence-electron chi connectivity index (χ2n) is 4.35. The van der Waals surface area contributed by atoms with Gasteiger partial charge in [-0.2, -0.15) is 0 Å². The molecule has 0 radical (unpaired) electrons. The van der Waals surface area contributed by atoms with E-state index in [2.05, 4.69) is 54.3 Å². The molecule has 100 valence electrons. The fourth-order valence-corrected chi connectivity index (χ4v) is 3.01. The van der Waals surface area contributed by atoms with Crippen molar-refractivity contribution in [1.82, 2.24) is 4.98 Å². The number of nitrogens with two attached hydrogens (primary N) is 1. The Morgan fingerprint density at radius 1 is 0.900 bits per heavy atom. The molecule has 0 aliphatic heterocycles. The molecule has 0 atom stereocenters. The van der Waals surface area contributed by atoms with Gasteiger partial charge in [0.25, 0.3) is 0 Å². The molecule has 3 N–H and O–H groups in total. The van der Waals surface area contributed by atoms with Gasteiger partial charge in [0.2, 0.25) is 0 Å².